The van der Waals surface area contributed by atoms with Crippen LogP contribution in [0.4, 0.5) is 10.1 Å². The molecule has 2 aliphatic rings. The van der Waals surface area contributed by atoms with Crippen LogP contribution in [0.25, 0.3) is 0 Å². The summed E-state index contributed by atoms with van der Waals surface area (Å²) in [7, 11) is 2.17. The van der Waals surface area contributed by atoms with E-state index in [1.807, 2.05) is 0 Å². The number of benzene rings is 1. The smallest absolute Gasteiger partial charge is 0.224 e. The summed E-state index contributed by atoms with van der Waals surface area (Å²) in [6.45, 7) is 2.21. The summed E-state index contributed by atoms with van der Waals surface area (Å²) in [6.07, 6.45) is 4.34. The molecule has 114 valence electrons. The molecule has 1 saturated heterocycles. The van der Waals surface area contributed by atoms with E-state index in [4.69, 9.17) is 0 Å². The van der Waals surface area contributed by atoms with Crippen molar-refractivity contribution in [1.82, 2.24) is 4.90 Å². The molecule has 3 atom stereocenters. The van der Waals surface area contributed by atoms with Crippen molar-refractivity contribution in [3.63, 3.8) is 0 Å². The maximum absolute atomic E-state index is 13.2. The minimum Gasteiger partial charge on any atom is -0.326 e. The predicted molar refractivity (Wildman–Crippen MR) is 81.5 cm³/mol. The van der Waals surface area contributed by atoms with Crippen molar-refractivity contribution in [3.8, 4) is 0 Å². The molecule has 1 heterocycles. The van der Waals surface area contributed by atoms with Crippen LogP contribution in [0.5, 0.6) is 0 Å². The summed E-state index contributed by atoms with van der Waals surface area (Å²) in [6, 6.07) is 6.11. The lowest BCUT2D eigenvalue weighted by atomic mass is 9.67. The summed E-state index contributed by atoms with van der Waals surface area (Å²) >= 11 is 0. The molecule has 1 unspecified atom stereocenters. The quantitative estimate of drug-likeness (QED) is 0.927. The SMILES string of the molecule is CN1C[C@H]2CCC[C@@H](C1)C2CC(=O)Nc1cccc(F)c1. The number of piperidine rings is 1. The molecule has 0 spiro atoms. The Labute approximate surface area is 125 Å². The molecule has 0 aromatic heterocycles. The highest BCUT2D eigenvalue weighted by Gasteiger charge is 2.39. The Bertz CT molecular complexity index is 505. The van der Waals surface area contributed by atoms with Crippen molar-refractivity contribution in [2.75, 3.05) is 25.5 Å². The molecule has 1 amide bonds. The average Bonchev–Trinajstić information content (AvgIpc) is 2.39. The highest BCUT2D eigenvalue weighted by molar-refractivity contribution is 5.90. The molecule has 0 radical (unpaired) electrons. The van der Waals surface area contributed by atoms with Gasteiger partial charge in [0.15, 0.2) is 0 Å². The van der Waals surface area contributed by atoms with Crippen LogP contribution in [0.3, 0.4) is 0 Å². The molecule has 4 heteroatoms. The number of carbonyl (C=O) groups is 1. The Balaban J connectivity index is 1.62. The number of likely N-dealkylation sites (tertiary alicyclic amines) is 1. The Hall–Kier alpha value is -1.42. The molecule has 21 heavy (non-hydrogen) atoms. The van der Waals surface area contributed by atoms with E-state index in [0.29, 0.717) is 29.9 Å². The molecule has 1 aliphatic heterocycles. The third-order valence-corrected chi connectivity index (χ3v) is 4.98. The second-order valence-electron chi connectivity index (χ2n) is 6.60. The monoisotopic (exact) mass is 290 g/mol. The second-order valence-corrected chi connectivity index (χ2v) is 6.60. The number of amides is 1. The largest absolute Gasteiger partial charge is 0.326 e. The number of anilines is 1. The summed E-state index contributed by atoms with van der Waals surface area (Å²) in [4.78, 5) is 14.7. The van der Waals surface area contributed by atoms with Gasteiger partial charge in [-0.05, 0) is 55.8 Å². The van der Waals surface area contributed by atoms with Crippen molar-refractivity contribution < 1.29 is 9.18 Å². The molecule has 3 nitrogen and oxygen atoms in total. The van der Waals surface area contributed by atoms with Crippen LogP contribution in [-0.2, 0) is 4.79 Å². The fourth-order valence-electron chi connectivity index (χ4n) is 4.11. The maximum atomic E-state index is 13.2. The van der Waals surface area contributed by atoms with Gasteiger partial charge in [-0.1, -0.05) is 12.5 Å². The van der Waals surface area contributed by atoms with Crippen LogP contribution in [0.1, 0.15) is 25.7 Å². The van der Waals surface area contributed by atoms with Crippen molar-refractivity contribution in [1.29, 1.82) is 0 Å². The van der Waals surface area contributed by atoms with E-state index < -0.39 is 0 Å². The fourth-order valence-corrected chi connectivity index (χ4v) is 4.11. The van der Waals surface area contributed by atoms with Gasteiger partial charge in [-0.25, -0.2) is 4.39 Å². The van der Waals surface area contributed by atoms with Crippen LogP contribution in [-0.4, -0.2) is 30.9 Å². The summed E-state index contributed by atoms with van der Waals surface area (Å²) in [5, 5.41) is 2.84. The molecule has 1 saturated carbocycles. The van der Waals surface area contributed by atoms with Crippen molar-refractivity contribution in [3.05, 3.63) is 30.1 Å². The zero-order valence-electron chi connectivity index (χ0n) is 12.5. The number of fused-ring (bicyclic) bond motifs is 2. The van der Waals surface area contributed by atoms with Crippen LogP contribution >= 0.6 is 0 Å². The van der Waals surface area contributed by atoms with E-state index in [2.05, 4.69) is 17.3 Å². The maximum Gasteiger partial charge on any atom is 0.224 e. The van der Waals surface area contributed by atoms with Gasteiger partial charge in [0.1, 0.15) is 5.82 Å². The molecule has 1 aromatic rings. The van der Waals surface area contributed by atoms with E-state index >= 15 is 0 Å². The topological polar surface area (TPSA) is 32.3 Å². The first-order chi connectivity index (χ1) is 10.1. The minimum absolute atomic E-state index is 0.0204. The standard InChI is InChI=1S/C17H23FN2O/c1-20-10-12-4-2-5-13(11-20)16(12)9-17(21)19-15-7-3-6-14(18)8-15/h3,6-8,12-13,16H,2,4-5,9-11H2,1H3,(H,19,21)/t12-,13+,16?. The first-order valence-electron chi connectivity index (χ1n) is 7.86. The van der Waals surface area contributed by atoms with Gasteiger partial charge >= 0.3 is 0 Å². The molecule has 1 aliphatic carbocycles. The van der Waals surface area contributed by atoms with E-state index in [1.54, 1.807) is 12.1 Å². The van der Waals surface area contributed by atoms with Gasteiger partial charge in [-0.15, -0.1) is 0 Å². The average molecular weight is 290 g/mol. The molecule has 2 fully saturated rings. The highest BCUT2D eigenvalue weighted by Crippen LogP contribution is 2.41. The number of hydrogen-bond donors (Lipinski definition) is 1. The lowest BCUT2D eigenvalue weighted by Gasteiger charge is -2.46. The lowest BCUT2D eigenvalue weighted by molar-refractivity contribution is -0.119. The van der Waals surface area contributed by atoms with Crippen LogP contribution in [0, 0.1) is 23.6 Å². The van der Waals surface area contributed by atoms with Gasteiger partial charge in [0.25, 0.3) is 0 Å². The molecule has 1 N–H and O–H groups in total. The van der Waals surface area contributed by atoms with Crippen LogP contribution < -0.4 is 5.32 Å². The normalized spacial score (nSPS) is 29.1. The van der Waals surface area contributed by atoms with Gasteiger partial charge < -0.3 is 10.2 Å². The first kappa shape index (κ1) is 14.5. The van der Waals surface area contributed by atoms with E-state index in [1.165, 1.54) is 31.4 Å². The first-order valence-corrected chi connectivity index (χ1v) is 7.86. The van der Waals surface area contributed by atoms with Crippen molar-refractivity contribution >= 4 is 11.6 Å². The molecular weight excluding hydrogens is 267 g/mol. The zero-order chi connectivity index (χ0) is 14.8. The number of rotatable bonds is 3. The van der Waals surface area contributed by atoms with Gasteiger partial charge in [0.05, 0.1) is 0 Å². The van der Waals surface area contributed by atoms with E-state index in [-0.39, 0.29) is 11.7 Å². The lowest BCUT2D eigenvalue weighted by Crippen LogP contribution is -2.47. The fraction of sp³-hybridized carbons (Fsp3) is 0.588. The minimum atomic E-state index is -0.316. The van der Waals surface area contributed by atoms with Gasteiger partial charge in [-0.3, -0.25) is 4.79 Å². The van der Waals surface area contributed by atoms with Gasteiger partial charge in [-0.2, -0.15) is 0 Å². The third kappa shape index (κ3) is 3.43. The summed E-state index contributed by atoms with van der Waals surface area (Å²) < 4.78 is 13.2. The second kappa shape index (κ2) is 6.14. The molecule has 3 rings (SSSR count). The number of hydrogen-bond acceptors (Lipinski definition) is 2. The van der Waals surface area contributed by atoms with Gasteiger partial charge in [0.2, 0.25) is 5.91 Å². The number of halogens is 1. The predicted octanol–water partition coefficient (Wildman–Crippen LogP) is 3.13. The molecule has 2 bridgehead atoms. The third-order valence-electron chi connectivity index (χ3n) is 4.98. The van der Waals surface area contributed by atoms with Crippen LogP contribution in [0.15, 0.2) is 24.3 Å². The van der Waals surface area contributed by atoms with Crippen LogP contribution in [0.2, 0.25) is 0 Å². The summed E-state index contributed by atoms with van der Waals surface area (Å²) in [5.74, 6) is 1.47. The zero-order valence-corrected chi connectivity index (χ0v) is 12.5. The molecule has 1 aromatic carbocycles. The van der Waals surface area contributed by atoms with E-state index in [0.717, 1.165) is 13.1 Å². The Morgan fingerprint density at radius 3 is 2.71 bits per heavy atom. The van der Waals surface area contributed by atoms with E-state index in [9.17, 15) is 9.18 Å². The molecular formula is C17H23FN2O. The Morgan fingerprint density at radius 2 is 2.05 bits per heavy atom. The van der Waals surface area contributed by atoms with Gasteiger partial charge in [0, 0.05) is 25.2 Å². The van der Waals surface area contributed by atoms with Crippen molar-refractivity contribution in [2.24, 2.45) is 17.8 Å². The number of nitrogens with one attached hydrogen (secondary N) is 1. The van der Waals surface area contributed by atoms with Crippen molar-refractivity contribution in [2.45, 2.75) is 25.7 Å². The highest BCUT2D eigenvalue weighted by atomic mass is 19.1. The Morgan fingerprint density at radius 1 is 1.33 bits per heavy atom. The number of carbonyl (C=O) groups excluding carboxylic acids is 1. The Kier molecular flexibility index (Phi) is 4.24. The number of nitrogens with zero attached hydrogens (tertiary/aromatic N) is 1. The summed E-state index contributed by atoms with van der Waals surface area (Å²) in [5.41, 5.74) is 0.554.